The zero-order valence-electron chi connectivity index (χ0n) is 11.8. The lowest BCUT2D eigenvalue weighted by atomic mass is 10.1. The predicted molar refractivity (Wildman–Crippen MR) is 82.0 cm³/mol. The summed E-state index contributed by atoms with van der Waals surface area (Å²) in [6.45, 7) is 7.10. The molecule has 0 aliphatic carbocycles. The van der Waals surface area contributed by atoms with Crippen molar-refractivity contribution in [2.45, 2.75) is 13.5 Å². The van der Waals surface area contributed by atoms with Crippen LogP contribution in [0.4, 0.5) is 11.6 Å². The number of nitrogens with two attached hydrogens (primary N) is 1. The Morgan fingerprint density at radius 1 is 1.30 bits per heavy atom. The summed E-state index contributed by atoms with van der Waals surface area (Å²) in [4.78, 5) is 6.54. The molecule has 2 heterocycles. The lowest BCUT2D eigenvalue weighted by molar-refractivity contribution is 0.587. The molecule has 3 N–H and O–H groups in total. The Labute approximate surface area is 119 Å². The highest BCUT2D eigenvalue weighted by Gasteiger charge is 2.15. The van der Waals surface area contributed by atoms with Crippen LogP contribution < -0.4 is 16.0 Å². The number of hydrogen-bond acceptors (Lipinski definition) is 4. The number of anilines is 2. The lowest BCUT2D eigenvalue weighted by Gasteiger charge is -2.31. The number of nitrogens with one attached hydrogen (secondary N) is 1. The van der Waals surface area contributed by atoms with Crippen molar-refractivity contribution >= 4 is 11.6 Å². The molecule has 3 rings (SSSR count). The maximum Gasteiger partial charge on any atom is 0.200 e. The van der Waals surface area contributed by atoms with Crippen molar-refractivity contribution in [1.29, 1.82) is 0 Å². The second-order valence-electron chi connectivity index (χ2n) is 5.28. The number of benzene rings is 1. The van der Waals surface area contributed by atoms with E-state index in [4.69, 9.17) is 5.73 Å². The molecule has 1 aromatic heterocycles. The number of nitrogen functional groups attached to an aromatic ring is 1. The molecular weight excluding hydrogens is 250 g/mol. The number of aryl methyl sites for hydroxylation is 1. The summed E-state index contributed by atoms with van der Waals surface area (Å²) in [5.41, 5.74) is 9.78. The monoisotopic (exact) mass is 271 g/mol. The van der Waals surface area contributed by atoms with E-state index in [1.807, 2.05) is 10.8 Å². The molecule has 1 saturated heterocycles. The van der Waals surface area contributed by atoms with Crippen LogP contribution >= 0.6 is 0 Å². The van der Waals surface area contributed by atoms with Crippen LogP contribution in [0.3, 0.4) is 0 Å². The Bertz CT molecular complexity index is 584. The summed E-state index contributed by atoms with van der Waals surface area (Å²) in [5, 5.41) is 3.40. The van der Waals surface area contributed by atoms with E-state index in [9.17, 15) is 0 Å². The van der Waals surface area contributed by atoms with E-state index >= 15 is 0 Å². The van der Waals surface area contributed by atoms with E-state index in [1.54, 1.807) is 6.20 Å². The van der Waals surface area contributed by atoms with Crippen LogP contribution in [0.5, 0.6) is 0 Å². The SMILES string of the molecule is Cc1ccc(Cn2ccnc2N)c(N2CCNCC2)c1. The van der Waals surface area contributed by atoms with Gasteiger partial charge in [-0.3, -0.25) is 0 Å². The van der Waals surface area contributed by atoms with Crippen molar-refractivity contribution in [2.75, 3.05) is 36.8 Å². The maximum atomic E-state index is 5.88. The normalized spacial score (nSPS) is 15.6. The largest absolute Gasteiger partial charge is 0.369 e. The van der Waals surface area contributed by atoms with Gasteiger partial charge in [-0.2, -0.15) is 0 Å². The van der Waals surface area contributed by atoms with Gasteiger partial charge in [0.15, 0.2) is 5.95 Å². The Kier molecular flexibility index (Phi) is 3.60. The molecule has 1 aromatic carbocycles. The van der Waals surface area contributed by atoms with Gasteiger partial charge in [-0.05, 0) is 24.1 Å². The van der Waals surface area contributed by atoms with E-state index in [-0.39, 0.29) is 0 Å². The third-order valence-electron chi connectivity index (χ3n) is 3.79. The zero-order chi connectivity index (χ0) is 13.9. The van der Waals surface area contributed by atoms with Gasteiger partial charge in [0.25, 0.3) is 0 Å². The number of rotatable bonds is 3. The first kappa shape index (κ1) is 13.0. The van der Waals surface area contributed by atoms with Gasteiger partial charge < -0.3 is 20.5 Å². The highest BCUT2D eigenvalue weighted by atomic mass is 15.2. The minimum atomic E-state index is 0.567. The first-order valence-corrected chi connectivity index (χ1v) is 7.06. The summed E-state index contributed by atoms with van der Waals surface area (Å²) in [5.74, 6) is 0.567. The lowest BCUT2D eigenvalue weighted by Crippen LogP contribution is -2.44. The van der Waals surface area contributed by atoms with Crippen LogP contribution in [0.2, 0.25) is 0 Å². The summed E-state index contributed by atoms with van der Waals surface area (Å²) in [6.07, 6.45) is 3.67. The molecule has 106 valence electrons. The Hall–Kier alpha value is -2.01. The van der Waals surface area contributed by atoms with Gasteiger partial charge in [-0.15, -0.1) is 0 Å². The number of imidazole rings is 1. The third-order valence-corrected chi connectivity index (χ3v) is 3.79. The third kappa shape index (κ3) is 2.63. The molecule has 1 fully saturated rings. The van der Waals surface area contributed by atoms with Crippen molar-refractivity contribution in [3.8, 4) is 0 Å². The van der Waals surface area contributed by atoms with Crippen molar-refractivity contribution in [3.63, 3.8) is 0 Å². The average Bonchev–Trinajstić information content (AvgIpc) is 2.87. The van der Waals surface area contributed by atoms with E-state index in [2.05, 4.69) is 40.3 Å². The van der Waals surface area contributed by atoms with Gasteiger partial charge in [-0.25, -0.2) is 4.98 Å². The first-order valence-electron chi connectivity index (χ1n) is 7.06. The molecular formula is C15H21N5. The molecule has 0 bridgehead atoms. The van der Waals surface area contributed by atoms with Gasteiger partial charge in [-0.1, -0.05) is 12.1 Å². The van der Waals surface area contributed by atoms with Crippen LogP contribution in [-0.4, -0.2) is 35.7 Å². The molecule has 5 nitrogen and oxygen atoms in total. The topological polar surface area (TPSA) is 59.1 Å². The number of hydrogen-bond donors (Lipinski definition) is 2. The standard InChI is InChI=1S/C15H21N5/c1-12-2-3-13(11-20-9-6-18-15(20)16)14(10-12)19-7-4-17-5-8-19/h2-3,6,9-10,17H,4-5,7-8,11H2,1H3,(H2,16,18). The van der Waals surface area contributed by atoms with Gasteiger partial charge in [0.1, 0.15) is 0 Å². The number of nitrogens with zero attached hydrogens (tertiary/aromatic N) is 3. The van der Waals surface area contributed by atoms with E-state index in [0.717, 1.165) is 32.7 Å². The fourth-order valence-corrected chi connectivity index (χ4v) is 2.67. The van der Waals surface area contributed by atoms with Gasteiger partial charge in [0.2, 0.25) is 0 Å². The fourth-order valence-electron chi connectivity index (χ4n) is 2.67. The fraction of sp³-hybridized carbons (Fsp3) is 0.400. The van der Waals surface area contributed by atoms with Crippen LogP contribution in [0, 0.1) is 6.92 Å². The molecule has 0 unspecified atom stereocenters. The quantitative estimate of drug-likeness (QED) is 0.881. The molecule has 0 amide bonds. The van der Waals surface area contributed by atoms with Crippen molar-refractivity contribution in [1.82, 2.24) is 14.9 Å². The average molecular weight is 271 g/mol. The van der Waals surface area contributed by atoms with Crippen molar-refractivity contribution in [2.24, 2.45) is 0 Å². The molecule has 0 spiro atoms. The van der Waals surface area contributed by atoms with Gasteiger partial charge >= 0.3 is 0 Å². The highest BCUT2D eigenvalue weighted by molar-refractivity contribution is 5.56. The molecule has 20 heavy (non-hydrogen) atoms. The molecule has 1 aliphatic rings. The Morgan fingerprint density at radius 3 is 2.80 bits per heavy atom. The van der Waals surface area contributed by atoms with Crippen molar-refractivity contribution in [3.05, 3.63) is 41.7 Å². The van der Waals surface area contributed by atoms with E-state index in [0.29, 0.717) is 5.95 Å². The molecule has 2 aromatic rings. The number of aromatic nitrogens is 2. The molecule has 0 saturated carbocycles. The zero-order valence-corrected chi connectivity index (χ0v) is 11.8. The van der Waals surface area contributed by atoms with Crippen LogP contribution in [-0.2, 0) is 6.54 Å². The second kappa shape index (κ2) is 5.54. The van der Waals surface area contributed by atoms with E-state index < -0.39 is 0 Å². The van der Waals surface area contributed by atoms with Crippen LogP contribution in [0.1, 0.15) is 11.1 Å². The maximum absolute atomic E-state index is 5.88. The summed E-state index contributed by atoms with van der Waals surface area (Å²) < 4.78 is 1.98. The first-order chi connectivity index (χ1) is 9.74. The van der Waals surface area contributed by atoms with E-state index in [1.165, 1.54) is 16.8 Å². The Balaban J connectivity index is 1.91. The van der Waals surface area contributed by atoms with Crippen LogP contribution in [0.25, 0.3) is 0 Å². The summed E-state index contributed by atoms with van der Waals surface area (Å²) in [6, 6.07) is 6.63. The number of piperazine rings is 1. The Morgan fingerprint density at radius 2 is 2.10 bits per heavy atom. The summed E-state index contributed by atoms with van der Waals surface area (Å²) in [7, 11) is 0. The molecule has 5 heteroatoms. The molecule has 0 atom stereocenters. The molecule has 0 radical (unpaired) electrons. The van der Waals surface area contributed by atoms with Gasteiger partial charge in [0, 0.05) is 44.3 Å². The minimum Gasteiger partial charge on any atom is -0.369 e. The minimum absolute atomic E-state index is 0.567. The predicted octanol–water partition coefficient (Wildman–Crippen LogP) is 1.23. The summed E-state index contributed by atoms with van der Waals surface area (Å²) >= 11 is 0. The molecule has 1 aliphatic heterocycles. The second-order valence-corrected chi connectivity index (χ2v) is 5.28. The highest BCUT2D eigenvalue weighted by Crippen LogP contribution is 2.24. The van der Waals surface area contributed by atoms with Crippen LogP contribution in [0.15, 0.2) is 30.6 Å². The van der Waals surface area contributed by atoms with Gasteiger partial charge in [0.05, 0.1) is 6.54 Å². The van der Waals surface area contributed by atoms with Crippen molar-refractivity contribution < 1.29 is 0 Å². The smallest absolute Gasteiger partial charge is 0.200 e.